The lowest BCUT2D eigenvalue weighted by atomic mass is 10.2. The van der Waals surface area contributed by atoms with E-state index in [2.05, 4.69) is 10.6 Å². The van der Waals surface area contributed by atoms with Gasteiger partial charge in [0.25, 0.3) is 11.8 Å². The molecule has 1 saturated heterocycles. The van der Waals surface area contributed by atoms with Gasteiger partial charge in [0.05, 0.1) is 18.6 Å². The maximum Gasteiger partial charge on any atom is 0.268 e. The van der Waals surface area contributed by atoms with E-state index in [1.54, 1.807) is 30.3 Å². The van der Waals surface area contributed by atoms with Crippen LogP contribution in [0.4, 0.5) is 0 Å². The van der Waals surface area contributed by atoms with Crippen LogP contribution in [-0.2, 0) is 14.6 Å². The molecule has 0 spiro atoms. The topological polar surface area (TPSA) is 102 Å². The molecule has 28 heavy (non-hydrogen) atoms. The highest BCUT2D eigenvalue weighted by Crippen LogP contribution is 2.16. The molecule has 2 amide bonds. The highest BCUT2D eigenvalue weighted by atomic mass is 32.2. The van der Waals surface area contributed by atoms with Gasteiger partial charge in [0.2, 0.25) is 0 Å². The summed E-state index contributed by atoms with van der Waals surface area (Å²) in [5.41, 5.74) is 0.432. The molecule has 2 N–H and O–H groups in total. The number of sulfone groups is 1. The van der Waals surface area contributed by atoms with Crippen molar-refractivity contribution in [1.29, 1.82) is 0 Å². The van der Waals surface area contributed by atoms with Crippen molar-refractivity contribution in [2.24, 2.45) is 0 Å². The van der Waals surface area contributed by atoms with Crippen molar-refractivity contribution in [2.45, 2.75) is 12.5 Å². The van der Waals surface area contributed by atoms with Crippen molar-refractivity contribution in [3.8, 4) is 5.75 Å². The molecular formula is C19H20N2O5S2. The molecule has 1 unspecified atom stereocenters. The van der Waals surface area contributed by atoms with E-state index in [4.69, 9.17) is 4.74 Å². The SMILES string of the molecule is COc1ccc(C(=O)N/C(=C/c2cccs2)C(=O)NC2CCS(=O)(=O)C2)cc1. The van der Waals surface area contributed by atoms with Gasteiger partial charge in [-0.1, -0.05) is 6.07 Å². The number of amides is 2. The predicted molar refractivity (Wildman–Crippen MR) is 108 cm³/mol. The van der Waals surface area contributed by atoms with Gasteiger partial charge < -0.3 is 15.4 Å². The van der Waals surface area contributed by atoms with Crippen molar-refractivity contribution in [1.82, 2.24) is 10.6 Å². The van der Waals surface area contributed by atoms with Gasteiger partial charge in [-0.3, -0.25) is 9.59 Å². The minimum atomic E-state index is -3.12. The lowest BCUT2D eigenvalue weighted by Crippen LogP contribution is -2.41. The number of carbonyl (C=O) groups is 2. The largest absolute Gasteiger partial charge is 0.497 e. The molecule has 9 heteroatoms. The van der Waals surface area contributed by atoms with Crippen molar-refractivity contribution in [3.05, 3.63) is 57.9 Å². The maximum atomic E-state index is 12.7. The van der Waals surface area contributed by atoms with Crippen LogP contribution in [0, 0.1) is 0 Å². The Bertz CT molecular complexity index is 980. The van der Waals surface area contributed by atoms with Crippen LogP contribution >= 0.6 is 11.3 Å². The van der Waals surface area contributed by atoms with Gasteiger partial charge in [-0.2, -0.15) is 0 Å². The Morgan fingerprint density at radius 2 is 1.96 bits per heavy atom. The Hall–Kier alpha value is -2.65. The van der Waals surface area contributed by atoms with Crippen LogP contribution < -0.4 is 15.4 Å². The molecule has 0 aliphatic carbocycles. The summed E-state index contributed by atoms with van der Waals surface area (Å²) in [6, 6.07) is 9.69. The van der Waals surface area contributed by atoms with E-state index in [-0.39, 0.29) is 17.2 Å². The highest BCUT2D eigenvalue weighted by Gasteiger charge is 2.30. The lowest BCUT2D eigenvalue weighted by molar-refractivity contribution is -0.118. The fourth-order valence-electron chi connectivity index (χ4n) is 2.78. The first-order valence-corrected chi connectivity index (χ1v) is 11.3. The molecule has 1 atom stereocenters. The molecule has 7 nitrogen and oxygen atoms in total. The summed E-state index contributed by atoms with van der Waals surface area (Å²) in [4.78, 5) is 26.1. The van der Waals surface area contributed by atoms with E-state index < -0.39 is 27.7 Å². The number of benzene rings is 1. The molecule has 2 heterocycles. The smallest absolute Gasteiger partial charge is 0.268 e. The van der Waals surface area contributed by atoms with Crippen molar-refractivity contribution < 1.29 is 22.7 Å². The number of ether oxygens (including phenoxy) is 1. The van der Waals surface area contributed by atoms with E-state index in [9.17, 15) is 18.0 Å². The zero-order chi connectivity index (χ0) is 20.1. The summed E-state index contributed by atoms with van der Waals surface area (Å²) in [5.74, 6) is -0.375. The number of rotatable bonds is 6. The average Bonchev–Trinajstić information content (AvgIpc) is 3.30. The molecule has 1 aliphatic rings. The Kier molecular flexibility index (Phi) is 6.15. The van der Waals surface area contributed by atoms with Crippen LogP contribution in [0.15, 0.2) is 47.5 Å². The fraction of sp³-hybridized carbons (Fsp3) is 0.263. The number of nitrogens with one attached hydrogen (secondary N) is 2. The van der Waals surface area contributed by atoms with Gasteiger partial charge in [0, 0.05) is 16.5 Å². The summed E-state index contributed by atoms with van der Waals surface area (Å²) in [7, 11) is -1.59. The van der Waals surface area contributed by atoms with E-state index in [1.165, 1.54) is 18.4 Å². The predicted octanol–water partition coefficient (Wildman–Crippen LogP) is 1.83. The van der Waals surface area contributed by atoms with Crippen LogP contribution in [0.1, 0.15) is 21.7 Å². The summed E-state index contributed by atoms with van der Waals surface area (Å²) < 4.78 is 28.3. The molecular weight excluding hydrogens is 400 g/mol. The molecule has 1 fully saturated rings. The quantitative estimate of drug-likeness (QED) is 0.695. The first-order valence-electron chi connectivity index (χ1n) is 8.58. The Morgan fingerprint density at radius 3 is 2.54 bits per heavy atom. The van der Waals surface area contributed by atoms with E-state index in [1.807, 2.05) is 17.5 Å². The molecule has 0 radical (unpaired) electrons. The second kappa shape index (κ2) is 8.57. The minimum Gasteiger partial charge on any atom is -0.497 e. The number of carbonyl (C=O) groups excluding carboxylic acids is 2. The van der Waals surface area contributed by atoms with Crippen LogP contribution in [-0.4, -0.2) is 44.9 Å². The molecule has 3 rings (SSSR count). The van der Waals surface area contributed by atoms with Crippen LogP contribution in [0.2, 0.25) is 0 Å². The molecule has 0 saturated carbocycles. The number of thiophene rings is 1. The molecule has 0 bridgehead atoms. The Labute approximate surface area is 167 Å². The maximum absolute atomic E-state index is 12.7. The molecule has 1 aromatic carbocycles. The van der Waals surface area contributed by atoms with Gasteiger partial charge in [0.1, 0.15) is 11.4 Å². The zero-order valence-electron chi connectivity index (χ0n) is 15.2. The number of hydrogen-bond acceptors (Lipinski definition) is 6. The summed E-state index contributed by atoms with van der Waals surface area (Å²) >= 11 is 1.42. The van der Waals surface area contributed by atoms with Gasteiger partial charge in [-0.25, -0.2) is 8.42 Å². The second-order valence-corrected chi connectivity index (χ2v) is 9.54. The standard InChI is InChI=1S/C19H20N2O5S2/c1-26-15-6-4-13(5-7-15)18(22)21-17(11-16-3-2-9-27-16)19(23)20-14-8-10-28(24,25)12-14/h2-7,9,11,14H,8,10,12H2,1H3,(H,20,23)(H,21,22)/b17-11+. The highest BCUT2D eigenvalue weighted by molar-refractivity contribution is 7.91. The van der Waals surface area contributed by atoms with E-state index in [0.29, 0.717) is 17.7 Å². The first kappa shape index (κ1) is 20.1. The fourth-order valence-corrected chi connectivity index (χ4v) is 5.11. The van der Waals surface area contributed by atoms with Gasteiger partial charge >= 0.3 is 0 Å². The van der Waals surface area contributed by atoms with E-state index >= 15 is 0 Å². The van der Waals surface area contributed by atoms with Gasteiger partial charge in [0.15, 0.2) is 9.84 Å². The normalized spacial score (nSPS) is 18.5. The number of methoxy groups -OCH3 is 1. The van der Waals surface area contributed by atoms with Crippen LogP contribution in [0.5, 0.6) is 5.75 Å². The van der Waals surface area contributed by atoms with Gasteiger partial charge in [-0.15, -0.1) is 11.3 Å². The van der Waals surface area contributed by atoms with E-state index in [0.717, 1.165) is 4.88 Å². The summed E-state index contributed by atoms with van der Waals surface area (Å²) in [6.45, 7) is 0. The van der Waals surface area contributed by atoms with Crippen LogP contribution in [0.3, 0.4) is 0 Å². The third-order valence-corrected chi connectivity index (χ3v) is 6.83. The molecule has 2 aromatic rings. The monoisotopic (exact) mass is 420 g/mol. The average molecular weight is 421 g/mol. The van der Waals surface area contributed by atoms with Crippen molar-refractivity contribution in [2.75, 3.05) is 18.6 Å². The third kappa shape index (κ3) is 5.20. The Morgan fingerprint density at radius 1 is 1.21 bits per heavy atom. The van der Waals surface area contributed by atoms with Crippen molar-refractivity contribution in [3.63, 3.8) is 0 Å². The Balaban J connectivity index is 1.77. The molecule has 148 valence electrons. The first-order chi connectivity index (χ1) is 13.4. The third-order valence-electron chi connectivity index (χ3n) is 4.24. The minimum absolute atomic E-state index is 0.0557. The van der Waals surface area contributed by atoms with Crippen molar-refractivity contribution >= 4 is 39.1 Å². The summed E-state index contributed by atoms with van der Waals surface area (Å²) in [6.07, 6.45) is 1.94. The molecule has 1 aliphatic heterocycles. The van der Waals surface area contributed by atoms with Gasteiger partial charge in [-0.05, 0) is 48.2 Å². The summed E-state index contributed by atoms with van der Waals surface area (Å²) in [5, 5.41) is 7.19. The van der Waals surface area contributed by atoms with Crippen LogP contribution in [0.25, 0.3) is 6.08 Å². The lowest BCUT2D eigenvalue weighted by Gasteiger charge is -2.14. The zero-order valence-corrected chi connectivity index (χ0v) is 16.8. The second-order valence-electron chi connectivity index (χ2n) is 6.33. The molecule has 1 aromatic heterocycles. The number of hydrogen-bond donors (Lipinski definition) is 2.